The number of carbonyl (C=O) groups excluding carboxylic acids is 1. The fourth-order valence-electron chi connectivity index (χ4n) is 4.07. The summed E-state index contributed by atoms with van der Waals surface area (Å²) in [5.41, 5.74) is 2.23. The van der Waals surface area contributed by atoms with E-state index >= 15 is 4.39 Å². The largest absolute Gasteiger partial charge is 0.462 e. The van der Waals surface area contributed by atoms with Gasteiger partial charge in [0.15, 0.2) is 11.9 Å². The maximum atomic E-state index is 16.0. The zero-order chi connectivity index (χ0) is 29.2. The van der Waals surface area contributed by atoms with Gasteiger partial charge in [0, 0.05) is 6.20 Å². The van der Waals surface area contributed by atoms with Gasteiger partial charge in [0.2, 0.25) is 11.6 Å². The number of esters is 1. The second-order valence-electron chi connectivity index (χ2n) is 9.33. The Bertz CT molecular complexity index is 1520. The van der Waals surface area contributed by atoms with Crippen molar-refractivity contribution in [3.05, 3.63) is 52.9 Å². The lowest BCUT2D eigenvalue weighted by Gasteiger charge is -2.25. The van der Waals surface area contributed by atoms with Gasteiger partial charge in [-0.25, -0.2) is 8.96 Å². The molecule has 214 valence electrons. The number of hydrogen-bond donors (Lipinski definition) is 4. The minimum atomic E-state index is -4.35. The molecule has 0 bridgehead atoms. The molecular weight excluding hydrogens is 548 g/mol. The van der Waals surface area contributed by atoms with E-state index in [1.807, 2.05) is 5.92 Å². The summed E-state index contributed by atoms with van der Waals surface area (Å²) in [6, 6.07) is 8.21. The van der Waals surface area contributed by atoms with Crippen molar-refractivity contribution in [3.63, 3.8) is 0 Å². The third-order valence-corrected chi connectivity index (χ3v) is 7.60. The van der Waals surface area contributed by atoms with Gasteiger partial charge in [0.05, 0.1) is 18.1 Å². The number of aromatic amines is 1. The van der Waals surface area contributed by atoms with E-state index in [-0.39, 0.29) is 22.7 Å². The van der Waals surface area contributed by atoms with Crippen LogP contribution in [0.25, 0.3) is 11.0 Å². The normalized spacial score (nSPS) is 24.9. The molecule has 1 aliphatic rings. The molecule has 0 amide bonds. The summed E-state index contributed by atoms with van der Waals surface area (Å²) >= 11 is 0. The van der Waals surface area contributed by atoms with E-state index < -0.39 is 62.1 Å². The van der Waals surface area contributed by atoms with Crippen molar-refractivity contribution in [3.8, 4) is 18.1 Å². The molecule has 1 aromatic carbocycles. The molecule has 5 N–H and O–H groups in total. The Labute approximate surface area is 228 Å². The van der Waals surface area contributed by atoms with E-state index in [0.29, 0.717) is 0 Å². The Morgan fingerprint density at radius 3 is 2.73 bits per heavy atom. The van der Waals surface area contributed by atoms with Gasteiger partial charge in [-0.1, -0.05) is 24.1 Å². The lowest BCUT2D eigenvalue weighted by Crippen LogP contribution is -2.42. The van der Waals surface area contributed by atoms with Gasteiger partial charge in [0.25, 0.3) is 5.56 Å². The number of anilines is 1. The van der Waals surface area contributed by atoms with E-state index in [0.717, 1.165) is 4.57 Å². The highest BCUT2D eigenvalue weighted by Gasteiger charge is 2.58. The number of aromatic nitrogens is 3. The number of H-pyrrole nitrogens is 1. The molecule has 13 nitrogen and oxygen atoms in total. The van der Waals surface area contributed by atoms with Crippen LogP contribution >= 0.6 is 7.75 Å². The number of carbonyl (C=O) groups is 1. The number of nitrogens with two attached hydrogens (primary N) is 1. The predicted molar refractivity (Wildman–Crippen MR) is 142 cm³/mol. The van der Waals surface area contributed by atoms with Crippen molar-refractivity contribution in [2.24, 2.45) is 0 Å². The topological polar surface area (TPSA) is 180 Å². The Morgan fingerprint density at radius 2 is 2.08 bits per heavy atom. The van der Waals surface area contributed by atoms with Gasteiger partial charge in [0.1, 0.15) is 24.0 Å². The van der Waals surface area contributed by atoms with Crippen LogP contribution in [0.2, 0.25) is 0 Å². The van der Waals surface area contributed by atoms with Crippen LogP contribution in [-0.2, 0) is 23.4 Å². The van der Waals surface area contributed by atoms with E-state index in [1.54, 1.807) is 32.0 Å². The number of nitrogens with zero attached hydrogens (tertiary/aromatic N) is 2. The van der Waals surface area contributed by atoms with Crippen LogP contribution in [0.5, 0.6) is 5.75 Å². The fourth-order valence-corrected chi connectivity index (χ4v) is 5.57. The van der Waals surface area contributed by atoms with Crippen LogP contribution in [0.1, 0.15) is 27.0 Å². The molecule has 3 aromatic rings. The molecule has 0 saturated carbocycles. The first-order chi connectivity index (χ1) is 18.9. The highest BCUT2D eigenvalue weighted by atomic mass is 31.2. The average molecular weight is 578 g/mol. The summed E-state index contributed by atoms with van der Waals surface area (Å²) in [5.74, 6) is 1.11. The zero-order valence-corrected chi connectivity index (χ0v) is 22.7. The van der Waals surface area contributed by atoms with Crippen LogP contribution in [0.15, 0.2) is 47.4 Å². The van der Waals surface area contributed by atoms with Crippen LogP contribution in [-0.4, -0.2) is 62.2 Å². The number of rotatable bonds is 10. The molecule has 1 aliphatic heterocycles. The molecule has 0 aliphatic carbocycles. The number of benzene rings is 1. The quantitative estimate of drug-likeness (QED) is 0.157. The second-order valence-corrected chi connectivity index (χ2v) is 11.0. The number of nitrogen functional groups attached to an aromatic ring is 1. The number of halogens is 1. The number of terminal acetylenes is 1. The molecule has 4 rings (SSSR count). The van der Waals surface area contributed by atoms with Crippen LogP contribution < -0.4 is 20.9 Å². The molecule has 40 heavy (non-hydrogen) atoms. The highest BCUT2D eigenvalue weighted by molar-refractivity contribution is 7.52. The number of para-hydroxylation sites is 1. The van der Waals surface area contributed by atoms with Crippen LogP contribution in [0.3, 0.4) is 0 Å². The number of alkyl halides is 1. The van der Waals surface area contributed by atoms with Gasteiger partial charge in [-0.3, -0.25) is 19.1 Å². The third-order valence-electron chi connectivity index (χ3n) is 5.95. The number of nitrogens with one attached hydrogen (secondary N) is 2. The Balaban J connectivity index is 1.59. The van der Waals surface area contributed by atoms with Crippen molar-refractivity contribution in [1.82, 2.24) is 19.6 Å². The first-order valence-electron chi connectivity index (χ1n) is 12.2. The van der Waals surface area contributed by atoms with E-state index in [9.17, 15) is 19.3 Å². The molecule has 0 radical (unpaired) electrons. The Morgan fingerprint density at radius 1 is 1.38 bits per heavy atom. The monoisotopic (exact) mass is 577 g/mol. The number of aliphatic hydroxyl groups is 1. The second kappa shape index (κ2) is 11.4. The number of hydrogen-bond acceptors (Lipinski definition) is 10. The molecule has 15 heteroatoms. The molecule has 1 fully saturated rings. The summed E-state index contributed by atoms with van der Waals surface area (Å²) in [6.45, 7) is 4.02. The molecule has 3 heterocycles. The number of ether oxygens (including phenoxy) is 2. The summed E-state index contributed by atoms with van der Waals surface area (Å²) in [7, 11) is -4.35. The van der Waals surface area contributed by atoms with E-state index in [2.05, 4.69) is 15.1 Å². The van der Waals surface area contributed by atoms with E-state index in [1.165, 1.54) is 31.3 Å². The van der Waals surface area contributed by atoms with Gasteiger partial charge in [-0.15, -0.1) is 6.42 Å². The Kier molecular flexibility index (Phi) is 8.34. The molecule has 0 spiro atoms. The van der Waals surface area contributed by atoms with Crippen molar-refractivity contribution in [2.45, 2.75) is 57.0 Å². The molecule has 1 saturated heterocycles. The first-order valence-corrected chi connectivity index (χ1v) is 13.7. The molecule has 2 unspecified atom stereocenters. The van der Waals surface area contributed by atoms with Crippen molar-refractivity contribution in [2.75, 3.05) is 12.3 Å². The van der Waals surface area contributed by atoms with Gasteiger partial charge in [-0.05, 0) is 39.0 Å². The number of aliphatic hydroxyl groups excluding tert-OH is 1. The lowest BCUT2D eigenvalue weighted by atomic mass is 9.97. The van der Waals surface area contributed by atoms with Crippen molar-refractivity contribution < 1.29 is 37.4 Å². The number of fused-ring (bicyclic) bond motifs is 1. The molecule has 2 aromatic heterocycles. The minimum absolute atomic E-state index is 0.0328. The summed E-state index contributed by atoms with van der Waals surface area (Å²) in [5, 5.41) is 13.4. The maximum Gasteiger partial charge on any atom is 0.459 e. The fraction of sp³-hybridized carbons (Fsp3) is 0.400. The Hall–Kier alpha value is -3.73. The van der Waals surface area contributed by atoms with Gasteiger partial charge < -0.3 is 29.4 Å². The lowest BCUT2D eigenvalue weighted by molar-refractivity contribution is -0.149. The molecule has 6 atom stereocenters. The standard InChI is InChI=1S/C25H29FN5O8P/c1-5-25(26)19(32)18(38-23(25)31-12-11-17-20(31)28-24(27)29-21(17)33)13-36-40(35,39-16-9-7-6-8-10-16)30-15(4)22(34)37-14(2)3/h1,6-12,14-15,18-19,23,32H,13H2,2-4H3,(H,30,35)(H3,27,28,29,33)/t15-,18+,19?,23+,25+,40?/m0/s1. The van der Waals surface area contributed by atoms with Crippen molar-refractivity contribution >= 4 is 30.7 Å². The summed E-state index contributed by atoms with van der Waals surface area (Å²) in [6.07, 6.45) is 1.26. The van der Waals surface area contributed by atoms with Crippen LogP contribution in [0.4, 0.5) is 10.3 Å². The minimum Gasteiger partial charge on any atom is -0.462 e. The first kappa shape index (κ1) is 29.3. The summed E-state index contributed by atoms with van der Waals surface area (Å²) in [4.78, 5) is 30.9. The smallest absolute Gasteiger partial charge is 0.459 e. The zero-order valence-electron chi connectivity index (χ0n) is 21.8. The van der Waals surface area contributed by atoms with Gasteiger partial charge in [-0.2, -0.15) is 10.1 Å². The van der Waals surface area contributed by atoms with Gasteiger partial charge >= 0.3 is 13.7 Å². The SMILES string of the molecule is C#C[C@@]1(F)C(O)[C@@H](COP(=O)(N[C@@H](C)C(=O)OC(C)C)Oc2ccccc2)O[C@H]1n1ccc2c(=O)[nH]c(N)nc21. The van der Waals surface area contributed by atoms with E-state index in [4.69, 9.17) is 30.7 Å². The third kappa shape index (κ3) is 5.89. The van der Waals surface area contributed by atoms with Crippen LogP contribution in [0, 0.1) is 12.3 Å². The molecular formula is C25H29FN5O8P. The summed E-state index contributed by atoms with van der Waals surface area (Å²) < 4.78 is 52.9. The maximum absolute atomic E-state index is 16.0. The van der Waals surface area contributed by atoms with Crippen molar-refractivity contribution in [1.29, 1.82) is 0 Å². The predicted octanol–water partition coefficient (Wildman–Crippen LogP) is 2.04. The average Bonchev–Trinajstić information content (AvgIpc) is 3.42. The highest BCUT2D eigenvalue weighted by Crippen LogP contribution is 2.48.